The summed E-state index contributed by atoms with van der Waals surface area (Å²) in [6.07, 6.45) is 11.3. The van der Waals surface area contributed by atoms with Gasteiger partial charge in [-0.15, -0.1) is 0 Å². The Labute approximate surface area is 145 Å². The van der Waals surface area contributed by atoms with Gasteiger partial charge in [0.2, 0.25) is 0 Å². The molecular formula is C20H30N2O2. The largest absolute Gasteiger partial charge is 0.383 e. The van der Waals surface area contributed by atoms with E-state index >= 15 is 0 Å². The fraction of sp³-hybridized carbons (Fsp3) is 0.800. The molecule has 5 aliphatic carbocycles. The van der Waals surface area contributed by atoms with Crippen molar-refractivity contribution in [3.63, 3.8) is 0 Å². The van der Waals surface area contributed by atoms with E-state index in [9.17, 15) is 9.59 Å². The molecule has 5 saturated carbocycles. The molecule has 0 aliphatic heterocycles. The number of hydrogen-bond donors (Lipinski definition) is 1. The van der Waals surface area contributed by atoms with Gasteiger partial charge in [0.25, 0.3) is 5.91 Å². The lowest BCUT2D eigenvalue weighted by Gasteiger charge is -2.54. The Kier molecular flexibility index (Phi) is 4.17. The minimum Gasteiger partial charge on any atom is -0.383 e. The summed E-state index contributed by atoms with van der Waals surface area (Å²) in [5.41, 5.74) is 0.374. The van der Waals surface area contributed by atoms with Gasteiger partial charge in [-0.3, -0.25) is 9.59 Å². The number of Topliss-reactive ketones (excluding diaryl/α,β-unsaturated/α-hetero) is 1. The van der Waals surface area contributed by atoms with Crippen LogP contribution in [0.4, 0.5) is 0 Å². The van der Waals surface area contributed by atoms with E-state index in [4.69, 9.17) is 0 Å². The smallest absolute Gasteiger partial charge is 0.256 e. The first-order valence-corrected chi connectivity index (χ1v) is 9.74. The summed E-state index contributed by atoms with van der Waals surface area (Å²) in [5.74, 6) is 3.08. The van der Waals surface area contributed by atoms with E-state index < -0.39 is 0 Å². The molecule has 1 amide bonds. The van der Waals surface area contributed by atoms with E-state index in [1.807, 2.05) is 19.0 Å². The summed E-state index contributed by atoms with van der Waals surface area (Å²) in [6.45, 7) is 0. The molecule has 0 unspecified atom stereocenters. The van der Waals surface area contributed by atoms with Crippen molar-refractivity contribution in [2.24, 2.45) is 29.6 Å². The minimum atomic E-state index is -0.127. The summed E-state index contributed by atoms with van der Waals surface area (Å²) < 4.78 is 0. The first-order valence-electron chi connectivity index (χ1n) is 9.74. The van der Waals surface area contributed by atoms with E-state index in [0.717, 1.165) is 31.1 Å². The van der Waals surface area contributed by atoms with Gasteiger partial charge in [0.05, 0.1) is 5.57 Å². The van der Waals surface area contributed by atoms with Crippen molar-refractivity contribution in [3.8, 4) is 0 Å². The number of carbonyl (C=O) groups is 2. The number of ketones is 1. The van der Waals surface area contributed by atoms with Crippen LogP contribution in [0, 0.1) is 29.6 Å². The molecule has 0 aromatic heterocycles. The Hall–Kier alpha value is -1.32. The standard InChI is InChI=1S/C20H30N2O2/c1-22(2)11-17(19(23)14-4-3-5-14)20(24)21-18-15-7-12-6-13(9-15)10-16(18)8-12/h11-16,18H,3-10H2,1-2H3,(H,21,24)/b17-11+. The van der Waals surface area contributed by atoms with Gasteiger partial charge in [-0.25, -0.2) is 0 Å². The zero-order valence-electron chi connectivity index (χ0n) is 15.0. The number of amides is 1. The van der Waals surface area contributed by atoms with Crippen LogP contribution >= 0.6 is 0 Å². The van der Waals surface area contributed by atoms with Crippen molar-refractivity contribution in [1.29, 1.82) is 0 Å². The van der Waals surface area contributed by atoms with Crippen LogP contribution in [0.15, 0.2) is 11.8 Å². The molecule has 0 spiro atoms. The number of nitrogens with one attached hydrogen (secondary N) is 1. The van der Waals surface area contributed by atoms with Crippen LogP contribution in [0.2, 0.25) is 0 Å². The van der Waals surface area contributed by atoms with Crippen molar-refractivity contribution in [1.82, 2.24) is 10.2 Å². The summed E-state index contributed by atoms with van der Waals surface area (Å²) in [5, 5.41) is 3.30. The topological polar surface area (TPSA) is 49.4 Å². The molecule has 132 valence electrons. The van der Waals surface area contributed by atoms with Gasteiger partial charge in [-0.1, -0.05) is 6.42 Å². The quantitative estimate of drug-likeness (QED) is 0.479. The lowest BCUT2D eigenvalue weighted by molar-refractivity contribution is -0.127. The lowest BCUT2D eigenvalue weighted by atomic mass is 9.54. The molecule has 5 rings (SSSR count). The number of carbonyl (C=O) groups excluding carboxylic acids is 2. The van der Waals surface area contributed by atoms with Crippen LogP contribution in [0.5, 0.6) is 0 Å². The molecule has 0 radical (unpaired) electrons. The van der Waals surface area contributed by atoms with Gasteiger partial charge in [0.15, 0.2) is 5.78 Å². The van der Waals surface area contributed by atoms with Crippen molar-refractivity contribution >= 4 is 11.7 Å². The predicted molar refractivity (Wildman–Crippen MR) is 93.1 cm³/mol. The highest BCUT2D eigenvalue weighted by Crippen LogP contribution is 2.53. The molecule has 0 saturated heterocycles. The molecule has 5 aliphatic rings. The van der Waals surface area contributed by atoms with E-state index in [2.05, 4.69) is 5.32 Å². The first-order chi connectivity index (χ1) is 11.5. The highest BCUT2D eigenvalue weighted by Gasteiger charge is 2.49. The third-order valence-corrected chi connectivity index (χ3v) is 6.90. The summed E-state index contributed by atoms with van der Waals surface area (Å²) in [6, 6.07) is 0.296. The third kappa shape index (κ3) is 2.89. The summed E-state index contributed by atoms with van der Waals surface area (Å²) >= 11 is 0. The van der Waals surface area contributed by atoms with Gasteiger partial charge in [0.1, 0.15) is 0 Å². The van der Waals surface area contributed by atoms with Gasteiger partial charge in [0, 0.05) is 32.3 Å². The van der Waals surface area contributed by atoms with Crippen molar-refractivity contribution in [3.05, 3.63) is 11.8 Å². The van der Waals surface area contributed by atoms with Crippen LogP contribution in [-0.2, 0) is 9.59 Å². The van der Waals surface area contributed by atoms with Gasteiger partial charge >= 0.3 is 0 Å². The van der Waals surface area contributed by atoms with Gasteiger partial charge < -0.3 is 10.2 Å². The monoisotopic (exact) mass is 330 g/mol. The molecule has 0 heterocycles. The molecule has 5 fully saturated rings. The van der Waals surface area contributed by atoms with E-state index in [0.29, 0.717) is 23.5 Å². The van der Waals surface area contributed by atoms with Crippen molar-refractivity contribution < 1.29 is 9.59 Å². The van der Waals surface area contributed by atoms with Crippen molar-refractivity contribution in [2.45, 2.75) is 57.4 Å². The Balaban J connectivity index is 1.48. The molecule has 4 bridgehead atoms. The summed E-state index contributed by atoms with van der Waals surface area (Å²) in [4.78, 5) is 27.4. The van der Waals surface area contributed by atoms with E-state index in [1.165, 1.54) is 32.1 Å². The molecule has 0 aromatic carbocycles. The van der Waals surface area contributed by atoms with Crippen molar-refractivity contribution in [2.75, 3.05) is 14.1 Å². The fourth-order valence-electron chi connectivity index (χ4n) is 5.77. The van der Waals surface area contributed by atoms with E-state index in [-0.39, 0.29) is 17.6 Å². The van der Waals surface area contributed by atoms with E-state index in [1.54, 1.807) is 6.20 Å². The second-order valence-electron chi connectivity index (χ2n) is 8.93. The van der Waals surface area contributed by atoms with Gasteiger partial charge in [-0.05, 0) is 68.6 Å². The minimum absolute atomic E-state index is 0.0521. The Morgan fingerprint density at radius 2 is 1.54 bits per heavy atom. The molecule has 0 atom stereocenters. The van der Waals surface area contributed by atoms with Crippen LogP contribution < -0.4 is 5.32 Å². The number of nitrogens with zero attached hydrogens (tertiary/aromatic N) is 1. The average Bonchev–Trinajstić information content (AvgIpc) is 2.45. The zero-order chi connectivity index (χ0) is 16.8. The predicted octanol–water partition coefficient (Wildman–Crippen LogP) is 2.74. The highest BCUT2D eigenvalue weighted by atomic mass is 16.2. The normalized spacial score (nSPS) is 37.9. The SMILES string of the molecule is CN(C)/C=C(/C(=O)NC1C2CC3CC(C2)CC1C3)C(=O)C1CCC1. The second-order valence-corrected chi connectivity index (χ2v) is 8.93. The maximum absolute atomic E-state index is 12.9. The van der Waals surface area contributed by atoms with Crippen LogP contribution in [-0.4, -0.2) is 36.7 Å². The van der Waals surface area contributed by atoms with Crippen LogP contribution in [0.3, 0.4) is 0 Å². The highest BCUT2D eigenvalue weighted by molar-refractivity contribution is 6.20. The molecule has 4 heteroatoms. The first kappa shape index (κ1) is 16.2. The molecule has 24 heavy (non-hydrogen) atoms. The second kappa shape index (κ2) is 6.20. The zero-order valence-corrected chi connectivity index (χ0v) is 15.0. The number of rotatable bonds is 5. The Morgan fingerprint density at radius 1 is 0.958 bits per heavy atom. The average molecular weight is 330 g/mol. The maximum Gasteiger partial charge on any atom is 0.256 e. The molecule has 4 nitrogen and oxygen atoms in total. The Morgan fingerprint density at radius 3 is 2.00 bits per heavy atom. The maximum atomic E-state index is 12.9. The van der Waals surface area contributed by atoms with Gasteiger partial charge in [-0.2, -0.15) is 0 Å². The van der Waals surface area contributed by atoms with Crippen LogP contribution in [0.1, 0.15) is 51.4 Å². The fourth-order valence-corrected chi connectivity index (χ4v) is 5.77. The molecular weight excluding hydrogens is 300 g/mol. The third-order valence-electron chi connectivity index (χ3n) is 6.90. The molecule has 0 aromatic rings. The lowest BCUT2D eigenvalue weighted by Crippen LogP contribution is -2.56. The van der Waals surface area contributed by atoms with Crippen LogP contribution in [0.25, 0.3) is 0 Å². The summed E-state index contributed by atoms with van der Waals surface area (Å²) in [7, 11) is 3.76. The Bertz CT molecular complexity index is 534. The number of hydrogen-bond acceptors (Lipinski definition) is 3. The molecule has 1 N–H and O–H groups in total.